The van der Waals surface area contributed by atoms with Crippen molar-refractivity contribution in [2.45, 2.75) is 25.5 Å². The fraction of sp³-hybridized carbons (Fsp3) is 0.389. The number of amides is 1. The molecule has 0 spiro atoms. The number of carbonyl (C=O) groups is 1. The molecule has 4 nitrogen and oxygen atoms in total. The second-order valence-electron chi connectivity index (χ2n) is 5.94. The number of carbonyl (C=O) groups excluding carboxylic acids is 1. The zero-order valence-corrected chi connectivity index (χ0v) is 15.8. The van der Waals surface area contributed by atoms with Gasteiger partial charge in [0.25, 0.3) is 0 Å². The molecule has 128 valence electrons. The molecule has 1 aromatic carbocycles. The van der Waals surface area contributed by atoms with Gasteiger partial charge in [-0.15, -0.1) is 11.3 Å². The van der Waals surface area contributed by atoms with Crippen molar-refractivity contribution >= 4 is 38.9 Å². The van der Waals surface area contributed by atoms with Gasteiger partial charge in [0.1, 0.15) is 0 Å². The molecular formula is C18H21BrN2O2S. The quantitative estimate of drug-likeness (QED) is 0.748. The third-order valence-electron chi connectivity index (χ3n) is 3.92. The molecule has 0 radical (unpaired) electrons. The van der Waals surface area contributed by atoms with E-state index >= 15 is 0 Å². The van der Waals surface area contributed by atoms with Gasteiger partial charge in [0.15, 0.2) is 0 Å². The van der Waals surface area contributed by atoms with E-state index in [0.29, 0.717) is 6.54 Å². The monoisotopic (exact) mass is 408 g/mol. The number of hydrogen-bond donors (Lipinski definition) is 1. The maximum atomic E-state index is 12.4. The highest BCUT2D eigenvalue weighted by Gasteiger charge is 2.21. The first-order valence-corrected chi connectivity index (χ1v) is 9.78. The Hall–Kier alpha value is -1.21. The Morgan fingerprint density at radius 2 is 2.29 bits per heavy atom. The van der Waals surface area contributed by atoms with Crippen LogP contribution in [0.1, 0.15) is 17.7 Å². The fourth-order valence-electron chi connectivity index (χ4n) is 2.85. The first-order valence-electron chi connectivity index (χ1n) is 8.11. The van der Waals surface area contributed by atoms with Gasteiger partial charge in [-0.25, -0.2) is 0 Å². The molecule has 0 aliphatic carbocycles. The smallest absolute Gasteiger partial charge is 0.238 e. The lowest BCUT2D eigenvalue weighted by molar-refractivity contribution is -0.117. The van der Waals surface area contributed by atoms with Crippen molar-refractivity contribution in [3.63, 3.8) is 0 Å². The highest BCUT2D eigenvalue weighted by molar-refractivity contribution is 9.10. The van der Waals surface area contributed by atoms with Crippen molar-refractivity contribution in [3.8, 4) is 0 Å². The van der Waals surface area contributed by atoms with Crippen LogP contribution in [0.25, 0.3) is 0 Å². The Bertz CT molecular complexity index is 657. The lowest BCUT2D eigenvalue weighted by Crippen LogP contribution is -2.37. The van der Waals surface area contributed by atoms with Gasteiger partial charge in [0.05, 0.1) is 12.6 Å². The van der Waals surface area contributed by atoms with Crippen molar-refractivity contribution < 1.29 is 9.53 Å². The second kappa shape index (κ2) is 8.76. The summed E-state index contributed by atoms with van der Waals surface area (Å²) < 4.78 is 6.70. The topological polar surface area (TPSA) is 41.6 Å². The summed E-state index contributed by atoms with van der Waals surface area (Å²) in [6.45, 7) is 2.78. The molecular weight excluding hydrogens is 388 g/mol. The maximum absolute atomic E-state index is 12.4. The van der Waals surface area contributed by atoms with Crippen molar-refractivity contribution in [2.24, 2.45) is 0 Å². The Labute approximate surface area is 154 Å². The van der Waals surface area contributed by atoms with E-state index in [1.165, 1.54) is 4.88 Å². The number of anilines is 1. The standard InChI is InChI=1S/C18H21BrN2O2S/c19-14-4-1-5-15(10-14)20-18(22)13-21(11-16-6-2-8-23-16)12-17-7-3-9-24-17/h1,3-5,7,9-10,16H,2,6,8,11-13H2,(H,20,22)/t16-/m1/s1. The summed E-state index contributed by atoms with van der Waals surface area (Å²) in [6, 6.07) is 11.8. The van der Waals surface area contributed by atoms with Crippen LogP contribution in [0.3, 0.4) is 0 Å². The average molecular weight is 409 g/mol. The molecule has 1 amide bonds. The average Bonchev–Trinajstić information content (AvgIpc) is 3.21. The lowest BCUT2D eigenvalue weighted by Gasteiger charge is -2.24. The van der Waals surface area contributed by atoms with Crippen molar-refractivity contribution in [3.05, 3.63) is 51.1 Å². The van der Waals surface area contributed by atoms with Crippen LogP contribution >= 0.6 is 27.3 Å². The summed E-state index contributed by atoms with van der Waals surface area (Å²) in [7, 11) is 0. The molecule has 1 aliphatic rings. The Balaban J connectivity index is 1.60. The van der Waals surface area contributed by atoms with Crippen molar-refractivity contribution in [1.29, 1.82) is 0 Å². The summed E-state index contributed by atoms with van der Waals surface area (Å²) in [5, 5.41) is 5.04. The van der Waals surface area contributed by atoms with Gasteiger partial charge in [-0.3, -0.25) is 9.69 Å². The molecule has 1 aliphatic heterocycles. The van der Waals surface area contributed by atoms with E-state index in [4.69, 9.17) is 4.74 Å². The van der Waals surface area contributed by atoms with E-state index in [-0.39, 0.29) is 12.0 Å². The fourth-order valence-corrected chi connectivity index (χ4v) is 4.00. The third-order valence-corrected chi connectivity index (χ3v) is 5.28. The Morgan fingerprint density at radius 3 is 3.00 bits per heavy atom. The molecule has 2 aromatic rings. The molecule has 1 N–H and O–H groups in total. The minimum Gasteiger partial charge on any atom is -0.377 e. The molecule has 1 saturated heterocycles. The maximum Gasteiger partial charge on any atom is 0.238 e. The summed E-state index contributed by atoms with van der Waals surface area (Å²) in [5.74, 6) is 0.00246. The van der Waals surface area contributed by atoms with Crippen molar-refractivity contribution in [1.82, 2.24) is 4.90 Å². The first kappa shape index (κ1) is 17.6. The van der Waals surface area contributed by atoms with E-state index in [2.05, 4.69) is 37.6 Å². The van der Waals surface area contributed by atoms with Crippen LogP contribution < -0.4 is 5.32 Å². The minimum atomic E-state index is 0.00246. The number of rotatable bonds is 7. The molecule has 2 heterocycles. The van der Waals surface area contributed by atoms with Crippen molar-refractivity contribution in [2.75, 3.05) is 25.0 Å². The molecule has 1 atom stereocenters. The highest BCUT2D eigenvalue weighted by Crippen LogP contribution is 2.18. The van der Waals surface area contributed by atoms with Gasteiger partial charge in [-0.2, -0.15) is 0 Å². The molecule has 1 aromatic heterocycles. The van der Waals surface area contributed by atoms with Gasteiger partial charge in [0, 0.05) is 34.7 Å². The Morgan fingerprint density at radius 1 is 1.38 bits per heavy atom. The molecule has 0 bridgehead atoms. The molecule has 0 saturated carbocycles. The molecule has 0 unspecified atom stereocenters. The summed E-state index contributed by atoms with van der Waals surface area (Å²) in [6.07, 6.45) is 2.43. The third kappa shape index (κ3) is 5.41. The number of halogens is 1. The van der Waals surface area contributed by atoms with Crippen LogP contribution in [0, 0.1) is 0 Å². The molecule has 1 fully saturated rings. The van der Waals surface area contributed by atoms with Crippen LogP contribution in [0.4, 0.5) is 5.69 Å². The van der Waals surface area contributed by atoms with Crippen LogP contribution in [-0.2, 0) is 16.1 Å². The Kier molecular flexibility index (Phi) is 6.43. The number of benzene rings is 1. The first-order chi connectivity index (χ1) is 11.7. The van der Waals surface area contributed by atoms with Crippen LogP contribution in [-0.4, -0.2) is 36.6 Å². The van der Waals surface area contributed by atoms with E-state index in [1.807, 2.05) is 30.3 Å². The molecule has 6 heteroatoms. The summed E-state index contributed by atoms with van der Waals surface area (Å²) in [5.41, 5.74) is 0.808. The number of nitrogens with one attached hydrogen (secondary N) is 1. The number of ether oxygens (including phenoxy) is 1. The van der Waals surface area contributed by atoms with E-state index in [0.717, 1.165) is 42.7 Å². The predicted octanol–water partition coefficient (Wildman–Crippen LogP) is 4.13. The zero-order chi connectivity index (χ0) is 16.8. The van der Waals surface area contributed by atoms with Crippen LogP contribution in [0.15, 0.2) is 46.3 Å². The summed E-state index contributed by atoms with van der Waals surface area (Å²) >= 11 is 5.15. The number of nitrogens with zero attached hydrogens (tertiary/aromatic N) is 1. The highest BCUT2D eigenvalue weighted by atomic mass is 79.9. The van der Waals surface area contributed by atoms with Crippen LogP contribution in [0.5, 0.6) is 0 Å². The number of hydrogen-bond acceptors (Lipinski definition) is 4. The normalized spacial score (nSPS) is 17.3. The minimum absolute atomic E-state index is 0.00246. The SMILES string of the molecule is O=C(CN(Cc1cccs1)C[C@H]1CCCO1)Nc1cccc(Br)c1. The largest absolute Gasteiger partial charge is 0.377 e. The van der Waals surface area contributed by atoms with E-state index in [1.54, 1.807) is 11.3 Å². The van der Waals surface area contributed by atoms with Gasteiger partial charge in [-0.1, -0.05) is 28.1 Å². The summed E-state index contributed by atoms with van der Waals surface area (Å²) in [4.78, 5) is 15.9. The predicted molar refractivity (Wildman–Crippen MR) is 101 cm³/mol. The van der Waals surface area contributed by atoms with Gasteiger partial charge in [-0.05, 0) is 42.5 Å². The lowest BCUT2D eigenvalue weighted by atomic mass is 10.2. The number of thiophene rings is 1. The second-order valence-corrected chi connectivity index (χ2v) is 7.89. The van der Waals surface area contributed by atoms with Gasteiger partial charge < -0.3 is 10.1 Å². The van der Waals surface area contributed by atoms with Gasteiger partial charge in [0.2, 0.25) is 5.91 Å². The van der Waals surface area contributed by atoms with E-state index < -0.39 is 0 Å². The zero-order valence-electron chi connectivity index (χ0n) is 13.4. The van der Waals surface area contributed by atoms with Crippen LogP contribution in [0.2, 0.25) is 0 Å². The molecule has 3 rings (SSSR count). The molecule has 24 heavy (non-hydrogen) atoms. The van der Waals surface area contributed by atoms with Gasteiger partial charge >= 0.3 is 0 Å². The van der Waals surface area contributed by atoms with E-state index in [9.17, 15) is 4.79 Å².